The summed E-state index contributed by atoms with van der Waals surface area (Å²) in [5.74, 6) is 0.783. The van der Waals surface area contributed by atoms with Crippen molar-refractivity contribution in [1.29, 1.82) is 0 Å². The van der Waals surface area contributed by atoms with Crippen LogP contribution in [0.25, 0.3) is 0 Å². The van der Waals surface area contributed by atoms with Crippen LogP contribution in [-0.4, -0.2) is 52.6 Å². The van der Waals surface area contributed by atoms with Gasteiger partial charge in [0.2, 0.25) is 5.91 Å². The van der Waals surface area contributed by atoms with Gasteiger partial charge in [0.1, 0.15) is 11.5 Å². The van der Waals surface area contributed by atoms with E-state index in [1.165, 1.54) is 7.11 Å². The molecule has 0 spiro atoms. The highest BCUT2D eigenvalue weighted by molar-refractivity contribution is 7.92. The fourth-order valence-electron chi connectivity index (χ4n) is 2.95. The lowest BCUT2D eigenvalue weighted by Gasteiger charge is -2.34. The Hall–Kier alpha value is -1.51. The SMILES string of the molecule is COc1ccc(OC)c(CNC(=O)C2(S(C)(=O)=O)CCNCC2)c1.Cl. The van der Waals surface area contributed by atoms with Crippen LogP contribution in [0.1, 0.15) is 18.4 Å². The normalized spacial score (nSPS) is 16.4. The summed E-state index contributed by atoms with van der Waals surface area (Å²) in [6, 6.07) is 5.26. The average Bonchev–Trinajstić information content (AvgIpc) is 2.58. The van der Waals surface area contributed by atoms with Crippen LogP contribution in [-0.2, 0) is 21.2 Å². The second-order valence-corrected chi connectivity index (χ2v) is 8.20. The minimum absolute atomic E-state index is 0. The molecule has 25 heavy (non-hydrogen) atoms. The summed E-state index contributed by atoms with van der Waals surface area (Å²) in [4.78, 5) is 12.7. The van der Waals surface area contributed by atoms with Crippen LogP contribution in [0, 0.1) is 0 Å². The summed E-state index contributed by atoms with van der Waals surface area (Å²) >= 11 is 0. The van der Waals surface area contributed by atoms with Gasteiger partial charge in [-0.2, -0.15) is 0 Å². The molecule has 0 aliphatic carbocycles. The van der Waals surface area contributed by atoms with Crippen LogP contribution in [0.15, 0.2) is 18.2 Å². The summed E-state index contributed by atoms with van der Waals surface area (Å²) < 4.78 is 33.6. The van der Waals surface area contributed by atoms with Crippen LogP contribution >= 0.6 is 12.4 Å². The zero-order valence-corrected chi connectivity index (χ0v) is 16.3. The molecule has 1 aromatic carbocycles. The number of hydrogen-bond donors (Lipinski definition) is 2. The van der Waals surface area contributed by atoms with Crippen molar-refractivity contribution in [3.8, 4) is 11.5 Å². The van der Waals surface area contributed by atoms with E-state index in [9.17, 15) is 13.2 Å². The molecular formula is C16H25ClN2O5S. The van der Waals surface area contributed by atoms with Crippen LogP contribution in [0.5, 0.6) is 11.5 Å². The molecule has 0 radical (unpaired) electrons. The molecule has 7 nitrogen and oxygen atoms in total. The summed E-state index contributed by atoms with van der Waals surface area (Å²) in [5.41, 5.74) is 0.725. The van der Waals surface area contributed by atoms with Gasteiger partial charge in [0.05, 0.1) is 14.2 Å². The van der Waals surface area contributed by atoms with Crippen molar-refractivity contribution in [3.63, 3.8) is 0 Å². The number of ether oxygens (including phenoxy) is 2. The van der Waals surface area contributed by atoms with Crippen molar-refractivity contribution in [1.82, 2.24) is 10.6 Å². The molecule has 142 valence electrons. The van der Waals surface area contributed by atoms with Gasteiger partial charge in [0.25, 0.3) is 0 Å². The molecule has 0 aromatic heterocycles. The van der Waals surface area contributed by atoms with Crippen molar-refractivity contribution in [2.75, 3.05) is 33.6 Å². The van der Waals surface area contributed by atoms with Crippen molar-refractivity contribution >= 4 is 28.2 Å². The maximum Gasteiger partial charge on any atom is 0.241 e. The molecule has 0 bridgehead atoms. The fourth-order valence-corrected chi connectivity index (χ4v) is 4.31. The van der Waals surface area contributed by atoms with Gasteiger partial charge in [-0.25, -0.2) is 8.42 Å². The third-order valence-corrected chi connectivity index (χ3v) is 6.47. The van der Waals surface area contributed by atoms with E-state index in [1.54, 1.807) is 25.3 Å². The fraction of sp³-hybridized carbons (Fsp3) is 0.562. The second-order valence-electron chi connectivity index (χ2n) is 5.88. The second kappa shape index (κ2) is 8.73. The number of benzene rings is 1. The first kappa shape index (κ1) is 21.5. The molecule has 2 N–H and O–H groups in total. The van der Waals surface area contributed by atoms with Gasteiger partial charge >= 0.3 is 0 Å². The van der Waals surface area contributed by atoms with Crippen LogP contribution in [0.2, 0.25) is 0 Å². The van der Waals surface area contributed by atoms with Crippen LogP contribution in [0.4, 0.5) is 0 Å². The molecule has 9 heteroatoms. The summed E-state index contributed by atoms with van der Waals surface area (Å²) in [5, 5.41) is 5.85. The van der Waals surface area contributed by atoms with E-state index in [0.29, 0.717) is 24.6 Å². The van der Waals surface area contributed by atoms with Gasteiger partial charge in [-0.05, 0) is 44.1 Å². The van der Waals surface area contributed by atoms with Crippen LogP contribution in [0.3, 0.4) is 0 Å². The standard InChI is InChI=1S/C16H24N2O5S.ClH/c1-22-13-4-5-14(23-2)12(10-13)11-18-15(19)16(24(3,20)21)6-8-17-9-7-16;/h4-5,10,17H,6-9,11H2,1-3H3,(H,18,19);1H. The number of rotatable bonds is 6. The van der Waals surface area contributed by atoms with Gasteiger partial charge in [0, 0.05) is 18.4 Å². The topological polar surface area (TPSA) is 93.7 Å². The van der Waals surface area contributed by atoms with E-state index in [-0.39, 0.29) is 31.8 Å². The van der Waals surface area contributed by atoms with Crippen molar-refractivity contribution in [2.45, 2.75) is 24.1 Å². The summed E-state index contributed by atoms with van der Waals surface area (Å²) in [6.45, 7) is 1.18. The molecule has 1 aliphatic rings. The minimum atomic E-state index is -3.53. The maximum atomic E-state index is 12.7. The number of methoxy groups -OCH3 is 2. The number of sulfone groups is 1. The quantitative estimate of drug-likeness (QED) is 0.747. The van der Waals surface area contributed by atoms with E-state index in [0.717, 1.165) is 11.8 Å². The molecule has 0 saturated carbocycles. The van der Waals surface area contributed by atoms with Gasteiger partial charge < -0.3 is 20.1 Å². The zero-order valence-electron chi connectivity index (χ0n) is 14.6. The lowest BCUT2D eigenvalue weighted by molar-refractivity contribution is -0.124. The Morgan fingerprint density at radius 3 is 2.40 bits per heavy atom. The molecule has 1 heterocycles. The van der Waals surface area contributed by atoms with Crippen molar-refractivity contribution in [3.05, 3.63) is 23.8 Å². The van der Waals surface area contributed by atoms with E-state index in [1.807, 2.05) is 0 Å². The molecule has 0 unspecified atom stereocenters. The predicted molar refractivity (Wildman–Crippen MR) is 98.3 cm³/mol. The molecule has 0 atom stereocenters. The molecule has 1 aliphatic heterocycles. The third kappa shape index (κ3) is 4.56. The first-order valence-corrected chi connectivity index (χ1v) is 9.63. The third-order valence-electron chi connectivity index (χ3n) is 4.46. The van der Waals surface area contributed by atoms with Crippen molar-refractivity contribution in [2.24, 2.45) is 0 Å². The Labute approximate surface area is 154 Å². The van der Waals surface area contributed by atoms with Crippen molar-refractivity contribution < 1.29 is 22.7 Å². The largest absolute Gasteiger partial charge is 0.497 e. The number of hydrogen-bond acceptors (Lipinski definition) is 6. The predicted octanol–water partition coefficient (Wildman–Crippen LogP) is 0.909. The summed E-state index contributed by atoms with van der Waals surface area (Å²) in [7, 11) is -0.435. The number of halogens is 1. The Morgan fingerprint density at radius 2 is 1.88 bits per heavy atom. The monoisotopic (exact) mass is 392 g/mol. The Morgan fingerprint density at radius 1 is 1.24 bits per heavy atom. The highest BCUT2D eigenvalue weighted by Gasteiger charge is 2.48. The Balaban J connectivity index is 0.00000312. The zero-order chi connectivity index (χ0) is 17.8. The van der Waals surface area contributed by atoms with E-state index >= 15 is 0 Å². The molecule has 2 rings (SSSR count). The number of piperidine rings is 1. The molecular weight excluding hydrogens is 368 g/mol. The van der Waals surface area contributed by atoms with E-state index in [4.69, 9.17) is 9.47 Å². The minimum Gasteiger partial charge on any atom is -0.497 e. The van der Waals surface area contributed by atoms with Crippen LogP contribution < -0.4 is 20.1 Å². The molecule has 1 saturated heterocycles. The molecule has 1 aromatic rings. The highest BCUT2D eigenvalue weighted by Crippen LogP contribution is 2.29. The number of carbonyl (C=O) groups excluding carboxylic acids is 1. The first-order chi connectivity index (χ1) is 11.3. The van der Waals surface area contributed by atoms with Gasteiger partial charge in [-0.3, -0.25) is 4.79 Å². The maximum absolute atomic E-state index is 12.7. The molecule has 1 fully saturated rings. The van der Waals surface area contributed by atoms with Gasteiger partial charge in [0.15, 0.2) is 14.6 Å². The number of amides is 1. The number of carbonyl (C=O) groups is 1. The lowest BCUT2D eigenvalue weighted by Crippen LogP contribution is -2.57. The Bertz CT molecular complexity index is 702. The smallest absolute Gasteiger partial charge is 0.241 e. The number of nitrogens with one attached hydrogen (secondary N) is 2. The first-order valence-electron chi connectivity index (χ1n) is 7.73. The lowest BCUT2D eigenvalue weighted by atomic mass is 9.95. The summed E-state index contributed by atoms with van der Waals surface area (Å²) in [6.07, 6.45) is 1.67. The van der Waals surface area contributed by atoms with Gasteiger partial charge in [-0.1, -0.05) is 0 Å². The Kier molecular flexibility index (Phi) is 7.52. The van der Waals surface area contributed by atoms with E-state index in [2.05, 4.69) is 10.6 Å². The molecule has 1 amide bonds. The van der Waals surface area contributed by atoms with E-state index < -0.39 is 20.5 Å². The van der Waals surface area contributed by atoms with Gasteiger partial charge in [-0.15, -0.1) is 12.4 Å². The average molecular weight is 393 g/mol. The highest BCUT2D eigenvalue weighted by atomic mass is 35.5.